The Morgan fingerprint density at radius 3 is 2.75 bits per heavy atom. The fourth-order valence-corrected chi connectivity index (χ4v) is 3.07. The molecule has 0 aromatic carbocycles. The van der Waals surface area contributed by atoms with Crippen LogP contribution in [-0.4, -0.2) is 40.7 Å². The molecule has 96 valence electrons. The molecule has 0 spiro atoms. The second-order valence-corrected chi connectivity index (χ2v) is 7.68. The summed E-state index contributed by atoms with van der Waals surface area (Å²) in [7, 11) is 1.15. The van der Waals surface area contributed by atoms with Crippen LogP contribution in [-0.2, 0) is 4.74 Å². The molecule has 1 aliphatic heterocycles. The largest absolute Gasteiger partial charge is 0.380 e. The topological polar surface area (TPSA) is 47.3 Å². The van der Waals surface area contributed by atoms with E-state index in [2.05, 4.69) is 19.2 Å². The maximum absolute atomic E-state index is 5.97. The molecule has 3 N–H and O–H groups in total. The van der Waals surface area contributed by atoms with Crippen molar-refractivity contribution in [3.8, 4) is 0 Å². The molecule has 0 bridgehead atoms. The highest BCUT2D eigenvalue weighted by Crippen LogP contribution is 2.28. The van der Waals surface area contributed by atoms with Crippen LogP contribution in [0.2, 0.25) is 0 Å². The van der Waals surface area contributed by atoms with Gasteiger partial charge in [0.05, 0.1) is 0 Å². The normalized spacial score (nSPS) is 27.2. The van der Waals surface area contributed by atoms with Crippen molar-refractivity contribution in [3.05, 3.63) is 0 Å². The smallest absolute Gasteiger partial charge is 0.0486 e. The predicted molar refractivity (Wildman–Crippen MR) is 72.8 cm³/mol. The minimum absolute atomic E-state index is 0.192. The summed E-state index contributed by atoms with van der Waals surface area (Å²) in [6.07, 6.45) is 6.24. The third-order valence-corrected chi connectivity index (χ3v) is 4.87. The number of hydrogen-bond donors (Lipinski definition) is 2. The first-order valence-electron chi connectivity index (χ1n) is 6.57. The molecular formula is C12H28N2OSi. The third kappa shape index (κ3) is 4.95. The first kappa shape index (κ1) is 14.2. The van der Waals surface area contributed by atoms with Crippen LogP contribution >= 0.6 is 0 Å². The van der Waals surface area contributed by atoms with Gasteiger partial charge in [-0.3, -0.25) is 0 Å². The van der Waals surface area contributed by atoms with E-state index in [9.17, 15) is 0 Å². The second-order valence-electron chi connectivity index (χ2n) is 5.85. The van der Waals surface area contributed by atoms with Crippen molar-refractivity contribution in [3.63, 3.8) is 0 Å². The van der Waals surface area contributed by atoms with Crippen molar-refractivity contribution >= 4 is 10.2 Å². The molecule has 16 heavy (non-hydrogen) atoms. The summed E-state index contributed by atoms with van der Waals surface area (Å²) in [5.41, 5.74) is 5.71. The van der Waals surface area contributed by atoms with Gasteiger partial charge in [0.25, 0.3) is 0 Å². The monoisotopic (exact) mass is 244 g/mol. The molecule has 1 heterocycles. The van der Waals surface area contributed by atoms with Crippen molar-refractivity contribution in [1.82, 2.24) is 5.32 Å². The zero-order chi connectivity index (χ0) is 12.1. The average Bonchev–Trinajstić information content (AvgIpc) is 2.25. The fourth-order valence-electron chi connectivity index (χ4n) is 2.26. The van der Waals surface area contributed by atoms with Gasteiger partial charge in [-0.25, -0.2) is 0 Å². The van der Waals surface area contributed by atoms with Crippen LogP contribution < -0.4 is 11.1 Å². The van der Waals surface area contributed by atoms with Gasteiger partial charge >= 0.3 is 0 Å². The van der Waals surface area contributed by atoms with Crippen LogP contribution in [0.15, 0.2) is 0 Å². The van der Waals surface area contributed by atoms with Crippen molar-refractivity contribution in [2.24, 2.45) is 5.73 Å². The summed E-state index contributed by atoms with van der Waals surface area (Å²) in [6.45, 7) is 7.11. The van der Waals surface area contributed by atoms with Gasteiger partial charge in [0, 0.05) is 40.7 Å². The maximum atomic E-state index is 5.97. The lowest BCUT2D eigenvalue weighted by molar-refractivity contribution is -0.0270. The van der Waals surface area contributed by atoms with Crippen LogP contribution in [0.25, 0.3) is 0 Å². The molecule has 3 nitrogen and oxygen atoms in total. The fraction of sp³-hybridized carbons (Fsp3) is 1.00. The summed E-state index contributed by atoms with van der Waals surface area (Å²) in [5, 5.41) is 3.75. The molecule has 0 aliphatic carbocycles. The van der Waals surface area contributed by atoms with Gasteiger partial charge < -0.3 is 15.8 Å². The molecular weight excluding hydrogens is 216 g/mol. The molecule has 0 aromatic rings. The van der Waals surface area contributed by atoms with E-state index in [1.54, 1.807) is 0 Å². The molecule has 1 aliphatic rings. The van der Waals surface area contributed by atoms with E-state index >= 15 is 0 Å². The Labute approximate surface area is 103 Å². The Bertz CT molecular complexity index is 203. The lowest BCUT2D eigenvalue weighted by Gasteiger charge is -2.37. The van der Waals surface area contributed by atoms with Gasteiger partial charge in [0.1, 0.15) is 0 Å². The zero-order valence-electron chi connectivity index (χ0n) is 11.1. The van der Waals surface area contributed by atoms with Crippen molar-refractivity contribution < 1.29 is 4.74 Å². The Balaban J connectivity index is 2.31. The highest BCUT2D eigenvalue weighted by Gasteiger charge is 2.30. The SMILES string of the molecule is CC(C)(CCC1([SiH3])CCCCO1)NCCN. The van der Waals surface area contributed by atoms with E-state index < -0.39 is 0 Å². The highest BCUT2D eigenvalue weighted by atomic mass is 28.1. The van der Waals surface area contributed by atoms with Gasteiger partial charge in [-0.2, -0.15) is 0 Å². The summed E-state index contributed by atoms with van der Waals surface area (Å²) in [5.74, 6) is 0. The molecule has 4 heteroatoms. The number of nitrogens with one attached hydrogen (secondary N) is 1. The van der Waals surface area contributed by atoms with Gasteiger partial charge in [0.2, 0.25) is 0 Å². The summed E-state index contributed by atoms with van der Waals surface area (Å²) < 4.78 is 5.97. The van der Waals surface area contributed by atoms with Crippen molar-refractivity contribution in [2.75, 3.05) is 19.7 Å². The van der Waals surface area contributed by atoms with Gasteiger partial charge in [0.15, 0.2) is 0 Å². The predicted octanol–water partition coefficient (Wildman–Crippen LogP) is 0.356. The minimum atomic E-state index is 0.192. The molecule has 1 fully saturated rings. The first-order valence-corrected chi connectivity index (χ1v) is 7.57. The third-order valence-electron chi connectivity index (χ3n) is 3.58. The summed E-state index contributed by atoms with van der Waals surface area (Å²) in [6, 6.07) is 0. The zero-order valence-corrected chi connectivity index (χ0v) is 13.1. The summed E-state index contributed by atoms with van der Waals surface area (Å²) in [4.78, 5) is 0. The maximum Gasteiger partial charge on any atom is 0.0486 e. The molecule has 1 saturated heterocycles. The van der Waals surface area contributed by atoms with E-state index in [-0.39, 0.29) is 10.8 Å². The Morgan fingerprint density at radius 2 is 2.19 bits per heavy atom. The van der Waals surface area contributed by atoms with E-state index in [0.717, 1.165) is 23.4 Å². The lowest BCUT2D eigenvalue weighted by atomic mass is 9.93. The van der Waals surface area contributed by atoms with Crippen molar-refractivity contribution in [2.45, 2.75) is 56.7 Å². The molecule has 0 amide bonds. The van der Waals surface area contributed by atoms with Crippen molar-refractivity contribution in [1.29, 1.82) is 0 Å². The lowest BCUT2D eigenvalue weighted by Crippen LogP contribution is -2.45. The number of ether oxygens (including phenoxy) is 1. The quantitative estimate of drug-likeness (QED) is 0.663. The average molecular weight is 244 g/mol. The molecule has 1 rings (SSSR count). The molecule has 0 radical (unpaired) electrons. The van der Waals surface area contributed by atoms with Crippen LogP contribution in [0, 0.1) is 0 Å². The minimum Gasteiger partial charge on any atom is -0.380 e. The van der Waals surface area contributed by atoms with E-state index in [0.29, 0.717) is 6.54 Å². The Hall–Kier alpha value is 0.0969. The van der Waals surface area contributed by atoms with E-state index in [1.807, 2.05) is 0 Å². The Kier molecular flexibility index (Phi) is 5.44. The number of hydrogen-bond acceptors (Lipinski definition) is 3. The van der Waals surface area contributed by atoms with Crippen LogP contribution in [0.5, 0.6) is 0 Å². The summed E-state index contributed by atoms with van der Waals surface area (Å²) >= 11 is 0. The second kappa shape index (κ2) is 6.14. The number of rotatable bonds is 6. The molecule has 0 saturated carbocycles. The van der Waals surface area contributed by atoms with Gasteiger partial charge in [-0.15, -0.1) is 0 Å². The number of nitrogens with two attached hydrogens (primary N) is 1. The standard InChI is InChI=1S/C12H28N2OSi/c1-11(2,14-9-8-13)6-7-12(16)5-3-4-10-15-12/h14H,3-10,13H2,1-2,16H3. The van der Waals surface area contributed by atoms with E-state index in [1.165, 1.54) is 32.1 Å². The molecule has 1 atom stereocenters. The Morgan fingerprint density at radius 1 is 1.44 bits per heavy atom. The highest BCUT2D eigenvalue weighted by molar-refractivity contribution is 6.14. The van der Waals surface area contributed by atoms with Crippen LogP contribution in [0.3, 0.4) is 0 Å². The van der Waals surface area contributed by atoms with Crippen LogP contribution in [0.4, 0.5) is 0 Å². The van der Waals surface area contributed by atoms with Crippen LogP contribution in [0.1, 0.15) is 46.0 Å². The van der Waals surface area contributed by atoms with E-state index in [4.69, 9.17) is 10.5 Å². The molecule has 0 aromatic heterocycles. The van der Waals surface area contributed by atoms with Gasteiger partial charge in [-0.1, -0.05) is 0 Å². The van der Waals surface area contributed by atoms with Gasteiger partial charge in [-0.05, 0) is 46.0 Å². The first-order chi connectivity index (χ1) is 7.47. The molecule has 1 unspecified atom stereocenters.